The van der Waals surface area contributed by atoms with Crippen molar-refractivity contribution in [3.63, 3.8) is 0 Å². The highest BCUT2D eigenvalue weighted by Gasteiger charge is 2.18. The molecule has 7 heteroatoms. The summed E-state index contributed by atoms with van der Waals surface area (Å²) in [6.45, 7) is 6.74. The second kappa shape index (κ2) is 8.16. The van der Waals surface area contributed by atoms with Crippen molar-refractivity contribution in [2.24, 2.45) is 5.41 Å². The Morgan fingerprint density at radius 1 is 1.40 bits per heavy atom. The van der Waals surface area contributed by atoms with Gasteiger partial charge in [0.1, 0.15) is 5.01 Å². The number of hydrogen-bond acceptors (Lipinski definition) is 5. The largest absolute Gasteiger partial charge is 0.396 e. The first kappa shape index (κ1) is 16.8. The fourth-order valence-corrected chi connectivity index (χ4v) is 2.36. The first-order valence-corrected chi connectivity index (χ1v) is 7.76. The zero-order chi connectivity index (χ0) is 15.0. The fraction of sp³-hybridized carbons (Fsp3) is 0.769. The number of amides is 2. The average molecular weight is 300 g/mol. The van der Waals surface area contributed by atoms with Crippen LogP contribution < -0.4 is 10.6 Å². The minimum Gasteiger partial charge on any atom is -0.396 e. The standard InChI is InChI=1S/C13H24N4O2S/c1-4-5-6-10-16-17-12(20-10)15-11(19)14-9-13(2,3)7-8-18/h18H,4-9H2,1-3H3,(H2,14,15,17,19). The van der Waals surface area contributed by atoms with Gasteiger partial charge in [-0.2, -0.15) is 0 Å². The van der Waals surface area contributed by atoms with Crippen LogP contribution in [0.3, 0.4) is 0 Å². The number of nitrogens with one attached hydrogen (secondary N) is 2. The number of hydrogen-bond donors (Lipinski definition) is 3. The van der Waals surface area contributed by atoms with Crippen molar-refractivity contribution in [2.45, 2.75) is 46.5 Å². The number of urea groups is 1. The first-order chi connectivity index (χ1) is 9.46. The van der Waals surface area contributed by atoms with E-state index in [0.29, 0.717) is 18.1 Å². The van der Waals surface area contributed by atoms with E-state index in [0.717, 1.165) is 24.3 Å². The molecule has 0 spiro atoms. The number of carbonyl (C=O) groups excluding carboxylic acids is 1. The molecule has 0 aliphatic heterocycles. The Bertz CT molecular complexity index is 420. The summed E-state index contributed by atoms with van der Waals surface area (Å²) in [4.78, 5) is 11.7. The van der Waals surface area contributed by atoms with Gasteiger partial charge < -0.3 is 10.4 Å². The van der Waals surface area contributed by atoms with Crippen molar-refractivity contribution in [1.29, 1.82) is 0 Å². The summed E-state index contributed by atoms with van der Waals surface area (Å²) < 4.78 is 0. The van der Waals surface area contributed by atoms with Crippen LogP contribution in [0.2, 0.25) is 0 Å². The molecule has 0 fully saturated rings. The predicted molar refractivity (Wildman–Crippen MR) is 81.0 cm³/mol. The van der Waals surface area contributed by atoms with Crippen LogP contribution in [0.25, 0.3) is 0 Å². The Morgan fingerprint density at radius 3 is 2.80 bits per heavy atom. The molecule has 1 aromatic heterocycles. The number of carbonyl (C=O) groups is 1. The van der Waals surface area contributed by atoms with Gasteiger partial charge in [0, 0.05) is 19.6 Å². The Labute approximate surface area is 124 Å². The molecular formula is C13H24N4O2S. The number of aliphatic hydroxyl groups excluding tert-OH is 1. The van der Waals surface area contributed by atoms with Gasteiger partial charge in [-0.25, -0.2) is 4.79 Å². The molecule has 20 heavy (non-hydrogen) atoms. The third kappa shape index (κ3) is 6.29. The molecule has 0 unspecified atom stereocenters. The van der Waals surface area contributed by atoms with Crippen LogP contribution in [0.1, 0.15) is 45.0 Å². The zero-order valence-corrected chi connectivity index (χ0v) is 13.2. The topological polar surface area (TPSA) is 87.1 Å². The van der Waals surface area contributed by atoms with Gasteiger partial charge in [-0.05, 0) is 18.3 Å². The highest BCUT2D eigenvalue weighted by atomic mass is 32.1. The molecule has 1 rings (SSSR count). The molecule has 0 saturated heterocycles. The zero-order valence-electron chi connectivity index (χ0n) is 12.4. The Balaban J connectivity index is 2.36. The third-order valence-corrected chi connectivity index (χ3v) is 3.85. The van der Waals surface area contributed by atoms with Crippen molar-refractivity contribution in [2.75, 3.05) is 18.5 Å². The Kier molecular flexibility index (Phi) is 6.87. The summed E-state index contributed by atoms with van der Waals surface area (Å²) in [5.74, 6) is 0. The van der Waals surface area contributed by atoms with Crippen molar-refractivity contribution in [1.82, 2.24) is 15.5 Å². The second-order valence-electron chi connectivity index (χ2n) is 5.55. The van der Waals surface area contributed by atoms with Gasteiger partial charge >= 0.3 is 6.03 Å². The summed E-state index contributed by atoms with van der Waals surface area (Å²) in [7, 11) is 0. The molecule has 0 aliphatic carbocycles. The lowest BCUT2D eigenvalue weighted by Gasteiger charge is -2.23. The Hall–Kier alpha value is -1.21. The van der Waals surface area contributed by atoms with Crippen LogP contribution in [0.4, 0.5) is 9.93 Å². The van der Waals surface area contributed by atoms with Crippen LogP contribution in [-0.2, 0) is 6.42 Å². The molecule has 1 aromatic rings. The van der Waals surface area contributed by atoms with E-state index in [-0.39, 0.29) is 18.1 Å². The molecule has 2 amide bonds. The summed E-state index contributed by atoms with van der Waals surface area (Å²) in [5.41, 5.74) is -0.125. The number of aryl methyl sites for hydroxylation is 1. The monoisotopic (exact) mass is 300 g/mol. The van der Waals surface area contributed by atoms with Crippen molar-refractivity contribution >= 4 is 22.5 Å². The van der Waals surface area contributed by atoms with Gasteiger partial charge in [0.15, 0.2) is 0 Å². The molecular weight excluding hydrogens is 276 g/mol. The smallest absolute Gasteiger partial charge is 0.321 e. The van der Waals surface area contributed by atoms with E-state index in [2.05, 4.69) is 27.8 Å². The maximum Gasteiger partial charge on any atom is 0.321 e. The lowest BCUT2D eigenvalue weighted by molar-refractivity contribution is 0.204. The SMILES string of the molecule is CCCCc1nnc(NC(=O)NCC(C)(C)CCO)s1. The highest BCUT2D eigenvalue weighted by molar-refractivity contribution is 7.15. The van der Waals surface area contributed by atoms with Gasteiger partial charge in [-0.1, -0.05) is 38.5 Å². The molecule has 0 bridgehead atoms. The molecule has 0 atom stereocenters. The number of nitrogens with zero attached hydrogens (tertiary/aromatic N) is 2. The lowest BCUT2D eigenvalue weighted by atomic mass is 9.90. The lowest BCUT2D eigenvalue weighted by Crippen LogP contribution is -2.37. The van der Waals surface area contributed by atoms with Gasteiger partial charge in [-0.3, -0.25) is 5.32 Å². The van der Waals surface area contributed by atoms with Crippen molar-refractivity contribution in [3.8, 4) is 0 Å². The quantitative estimate of drug-likeness (QED) is 0.688. The average Bonchev–Trinajstić information content (AvgIpc) is 2.82. The highest BCUT2D eigenvalue weighted by Crippen LogP contribution is 2.19. The van der Waals surface area contributed by atoms with E-state index in [1.165, 1.54) is 11.3 Å². The van der Waals surface area contributed by atoms with E-state index in [1.54, 1.807) is 0 Å². The van der Waals surface area contributed by atoms with Gasteiger partial charge in [0.2, 0.25) is 5.13 Å². The summed E-state index contributed by atoms with van der Waals surface area (Å²) in [6.07, 6.45) is 3.74. The normalized spacial score (nSPS) is 11.4. The fourth-order valence-electron chi connectivity index (χ4n) is 1.59. The third-order valence-electron chi connectivity index (χ3n) is 2.95. The summed E-state index contributed by atoms with van der Waals surface area (Å²) in [6, 6.07) is -0.283. The molecule has 0 aliphatic rings. The summed E-state index contributed by atoms with van der Waals surface area (Å²) in [5, 5.41) is 23.9. The summed E-state index contributed by atoms with van der Waals surface area (Å²) >= 11 is 1.41. The van der Waals surface area contributed by atoms with Crippen LogP contribution in [0.15, 0.2) is 0 Å². The molecule has 0 aromatic carbocycles. The predicted octanol–water partition coefficient (Wildman–Crippen LogP) is 2.41. The minimum absolute atomic E-state index is 0.119. The van der Waals surface area contributed by atoms with Crippen LogP contribution >= 0.6 is 11.3 Å². The molecule has 114 valence electrons. The van der Waals surface area contributed by atoms with E-state index >= 15 is 0 Å². The van der Waals surface area contributed by atoms with E-state index in [4.69, 9.17) is 5.11 Å². The van der Waals surface area contributed by atoms with Crippen LogP contribution in [0.5, 0.6) is 0 Å². The van der Waals surface area contributed by atoms with Gasteiger partial charge in [-0.15, -0.1) is 10.2 Å². The maximum atomic E-state index is 11.7. The van der Waals surface area contributed by atoms with Gasteiger partial charge in [0.25, 0.3) is 0 Å². The molecule has 0 saturated carbocycles. The first-order valence-electron chi connectivity index (χ1n) is 6.95. The molecule has 1 heterocycles. The van der Waals surface area contributed by atoms with Crippen molar-refractivity contribution < 1.29 is 9.90 Å². The number of anilines is 1. The van der Waals surface area contributed by atoms with E-state index in [9.17, 15) is 4.79 Å². The van der Waals surface area contributed by atoms with E-state index in [1.807, 2.05) is 13.8 Å². The number of aromatic nitrogens is 2. The number of rotatable bonds is 8. The van der Waals surface area contributed by atoms with Crippen molar-refractivity contribution in [3.05, 3.63) is 5.01 Å². The van der Waals surface area contributed by atoms with E-state index < -0.39 is 0 Å². The number of unbranched alkanes of at least 4 members (excludes halogenated alkanes) is 1. The molecule has 0 radical (unpaired) electrons. The van der Waals surface area contributed by atoms with Crippen LogP contribution in [-0.4, -0.2) is 34.5 Å². The molecule has 3 N–H and O–H groups in total. The minimum atomic E-state index is -0.283. The second-order valence-corrected chi connectivity index (χ2v) is 6.61. The molecule has 6 nitrogen and oxygen atoms in total. The van der Waals surface area contributed by atoms with Crippen LogP contribution in [0, 0.1) is 5.41 Å². The Morgan fingerprint density at radius 2 is 2.15 bits per heavy atom. The number of aliphatic hydroxyl groups is 1. The van der Waals surface area contributed by atoms with Gasteiger partial charge in [0.05, 0.1) is 0 Å². The maximum absolute atomic E-state index is 11.7.